The van der Waals surface area contributed by atoms with Crippen molar-refractivity contribution in [2.45, 2.75) is 20.3 Å². The number of carbonyl (C=O) groups is 1. The van der Waals surface area contributed by atoms with Gasteiger partial charge in [-0.2, -0.15) is 12.6 Å². The number of carbonyl (C=O) groups excluding carboxylic acids is 1. The number of Topliss-reactive ketones (excluding diaryl/α,β-unsaturated/α-hetero) is 1. The maximum atomic E-state index is 11.1. The fraction of sp³-hybridized carbons (Fsp3) is 0.308. The summed E-state index contributed by atoms with van der Waals surface area (Å²) < 4.78 is 0. The van der Waals surface area contributed by atoms with Crippen molar-refractivity contribution >= 4 is 18.4 Å². The molecule has 0 saturated carbocycles. The highest BCUT2D eigenvalue weighted by atomic mass is 32.1. The van der Waals surface area contributed by atoms with E-state index in [2.05, 4.69) is 24.5 Å². The minimum atomic E-state index is 0.0907. The molecule has 0 heterocycles. The van der Waals surface area contributed by atoms with E-state index in [9.17, 15) is 4.79 Å². The van der Waals surface area contributed by atoms with Crippen LogP contribution in [0.2, 0.25) is 0 Å². The Hall–Kier alpha value is -1.20. The van der Waals surface area contributed by atoms with Crippen LogP contribution in [0.5, 0.6) is 0 Å². The largest absolute Gasteiger partial charge is 0.295 e. The molecule has 78 valence electrons. The van der Waals surface area contributed by atoms with Crippen LogP contribution in [0.1, 0.15) is 34.8 Å². The smallest absolute Gasteiger partial charge is 0.159 e. The summed E-state index contributed by atoms with van der Waals surface area (Å²) in [6.45, 7) is 3.54. The first-order chi connectivity index (χ1) is 7.15. The van der Waals surface area contributed by atoms with E-state index >= 15 is 0 Å². The molecule has 0 aromatic heterocycles. The highest BCUT2D eigenvalue weighted by Crippen LogP contribution is 2.10. The van der Waals surface area contributed by atoms with Crippen molar-refractivity contribution in [1.82, 2.24) is 0 Å². The summed E-state index contributed by atoms with van der Waals surface area (Å²) in [4.78, 5) is 11.1. The lowest BCUT2D eigenvalue weighted by Crippen LogP contribution is -1.93. The average molecular weight is 218 g/mol. The number of hydrogen-bond donors (Lipinski definition) is 1. The van der Waals surface area contributed by atoms with Gasteiger partial charge in [0.1, 0.15) is 0 Å². The van der Waals surface area contributed by atoms with Crippen LogP contribution in [0.15, 0.2) is 18.2 Å². The number of aryl methyl sites for hydroxylation is 1. The number of hydrogen-bond acceptors (Lipinski definition) is 2. The predicted molar refractivity (Wildman–Crippen MR) is 66.5 cm³/mol. The van der Waals surface area contributed by atoms with E-state index in [0.29, 0.717) is 0 Å². The summed E-state index contributed by atoms with van der Waals surface area (Å²) in [5, 5.41) is 0. The lowest BCUT2D eigenvalue weighted by atomic mass is 10.0. The van der Waals surface area contributed by atoms with Crippen molar-refractivity contribution in [1.29, 1.82) is 0 Å². The van der Waals surface area contributed by atoms with Crippen molar-refractivity contribution in [3.63, 3.8) is 0 Å². The predicted octanol–water partition coefficient (Wildman–Crippen LogP) is 2.87. The molecule has 0 spiro atoms. The molecule has 0 aliphatic carbocycles. The zero-order valence-corrected chi connectivity index (χ0v) is 9.90. The summed E-state index contributed by atoms with van der Waals surface area (Å²) in [5.41, 5.74) is 2.78. The molecule has 2 heteroatoms. The van der Waals surface area contributed by atoms with Gasteiger partial charge in [0.15, 0.2) is 5.78 Å². The van der Waals surface area contributed by atoms with Gasteiger partial charge in [0, 0.05) is 23.3 Å². The van der Waals surface area contributed by atoms with Crippen LogP contribution in [0.25, 0.3) is 0 Å². The fourth-order valence-corrected chi connectivity index (χ4v) is 1.35. The summed E-state index contributed by atoms with van der Waals surface area (Å²) >= 11 is 4.09. The highest BCUT2D eigenvalue weighted by Gasteiger charge is 2.01. The first-order valence-corrected chi connectivity index (χ1v) is 5.49. The Morgan fingerprint density at radius 3 is 2.73 bits per heavy atom. The van der Waals surface area contributed by atoms with E-state index in [1.807, 2.05) is 25.1 Å². The molecule has 0 atom stereocenters. The molecule has 0 amide bonds. The SMILES string of the molecule is CC(=O)c1ccc(C#CCCS)c(C)c1. The Labute approximate surface area is 96.3 Å². The van der Waals surface area contributed by atoms with Crippen LogP contribution >= 0.6 is 12.6 Å². The van der Waals surface area contributed by atoms with Gasteiger partial charge in [-0.15, -0.1) is 0 Å². The van der Waals surface area contributed by atoms with Gasteiger partial charge in [-0.25, -0.2) is 0 Å². The van der Waals surface area contributed by atoms with Gasteiger partial charge < -0.3 is 0 Å². The molecular weight excluding hydrogens is 204 g/mol. The molecule has 0 unspecified atom stereocenters. The van der Waals surface area contributed by atoms with Gasteiger partial charge in [0.05, 0.1) is 0 Å². The first-order valence-electron chi connectivity index (χ1n) is 4.86. The van der Waals surface area contributed by atoms with Gasteiger partial charge in [0.25, 0.3) is 0 Å². The lowest BCUT2D eigenvalue weighted by Gasteiger charge is -2.00. The number of thiol groups is 1. The second kappa shape index (κ2) is 5.63. The minimum Gasteiger partial charge on any atom is -0.295 e. The van der Waals surface area contributed by atoms with E-state index in [0.717, 1.165) is 28.9 Å². The van der Waals surface area contributed by atoms with Crippen molar-refractivity contribution < 1.29 is 4.79 Å². The summed E-state index contributed by atoms with van der Waals surface area (Å²) in [7, 11) is 0. The van der Waals surface area contributed by atoms with Crippen molar-refractivity contribution in [3.05, 3.63) is 34.9 Å². The first kappa shape index (κ1) is 11.9. The molecule has 1 rings (SSSR count). The Bertz CT molecular complexity index is 424. The topological polar surface area (TPSA) is 17.1 Å². The standard InChI is InChI=1S/C13H14OS/c1-10-9-13(11(2)14)7-6-12(10)5-3-4-8-15/h6-7,9,15H,4,8H2,1-2H3. The quantitative estimate of drug-likeness (QED) is 0.459. The van der Waals surface area contributed by atoms with Crippen molar-refractivity contribution in [2.24, 2.45) is 0 Å². The van der Waals surface area contributed by atoms with Crippen LogP contribution in [0.4, 0.5) is 0 Å². The third-order valence-electron chi connectivity index (χ3n) is 2.09. The molecule has 1 nitrogen and oxygen atoms in total. The van der Waals surface area contributed by atoms with Gasteiger partial charge in [-0.3, -0.25) is 4.79 Å². The molecular formula is C13H14OS. The molecule has 1 aromatic carbocycles. The van der Waals surface area contributed by atoms with Crippen molar-refractivity contribution in [3.8, 4) is 11.8 Å². The van der Waals surface area contributed by atoms with E-state index in [1.165, 1.54) is 0 Å². The molecule has 0 aliphatic heterocycles. The maximum Gasteiger partial charge on any atom is 0.159 e. The number of benzene rings is 1. The summed E-state index contributed by atoms with van der Waals surface area (Å²) in [6, 6.07) is 5.60. The summed E-state index contributed by atoms with van der Waals surface area (Å²) in [5.74, 6) is 6.97. The van der Waals surface area contributed by atoms with Gasteiger partial charge in [0.2, 0.25) is 0 Å². The van der Waals surface area contributed by atoms with Gasteiger partial charge in [-0.1, -0.05) is 17.9 Å². The molecule has 1 aromatic rings. The molecule has 0 radical (unpaired) electrons. The van der Waals surface area contributed by atoms with Gasteiger partial charge in [-0.05, 0) is 31.5 Å². The van der Waals surface area contributed by atoms with Crippen LogP contribution in [0, 0.1) is 18.8 Å². The lowest BCUT2D eigenvalue weighted by molar-refractivity contribution is 0.101. The molecule has 0 saturated heterocycles. The second-order valence-corrected chi connectivity index (χ2v) is 3.81. The molecule has 0 bridgehead atoms. The fourth-order valence-electron chi connectivity index (χ4n) is 1.24. The Morgan fingerprint density at radius 2 is 2.20 bits per heavy atom. The van der Waals surface area contributed by atoms with E-state index in [-0.39, 0.29) is 5.78 Å². The van der Waals surface area contributed by atoms with Crippen LogP contribution in [0.3, 0.4) is 0 Å². The number of ketones is 1. The second-order valence-electron chi connectivity index (χ2n) is 3.36. The molecule has 0 fully saturated rings. The third-order valence-corrected chi connectivity index (χ3v) is 2.32. The number of rotatable bonds is 2. The average Bonchev–Trinajstić information content (AvgIpc) is 2.20. The van der Waals surface area contributed by atoms with Crippen LogP contribution < -0.4 is 0 Å². The van der Waals surface area contributed by atoms with Gasteiger partial charge >= 0.3 is 0 Å². The van der Waals surface area contributed by atoms with E-state index < -0.39 is 0 Å². The van der Waals surface area contributed by atoms with E-state index in [1.54, 1.807) is 6.92 Å². The highest BCUT2D eigenvalue weighted by molar-refractivity contribution is 7.80. The Kier molecular flexibility index (Phi) is 4.45. The van der Waals surface area contributed by atoms with Crippen LogP contribution in [-0.4, -0.2) is 11.5 Å². The monoisotopic (exact) mass is 218 g/mol. The Balaban J connectivity index is 2.95. The maximum absolute atomic E-state index is 11.1. The zero-order chi connectivity index (χ0) is 11.3. The molecule has 0 N–H and O–H groups in total. The normalized spacial score (nSPS) is 9.27. The van der Waals surface area contributed by atoms with Crippen LogP contribution in [-0.2, 0) is 0 Å². The van der Waals surface area contributed by atoms with E-state index in [4.69, 9.17) is 0 Å². The third kappa shape index (κ3) is 3.45. The van der Waals surface area contributed by atoms with Crippen molar-refractivity contribution in [2.75, 3.05) is 5.75 Å². The minimum absolute atomic E-state index is 0.0907. The molecule has 15 heavy (non-hydrogen) atoms. The molecule has 0 aliphatic rings. The summed E-state index contributed by atoms with van der Waals surface area (Å²) in [6.07, 6.45) is 0.789. The zero-order valence-electron chi connectivity index (χ0n) is 9.00. The Morgan fingerprint density at radius 1 is 1.47 bits per heavy atom.